The standard InChI is InChI=1S/C16H15N7O4S/c1-3-9-4-5-12(28-9)11(24)7-23-19-13(18-20-23)8-22-6-10(14(17)25)15(26)21(2)16(22)27/h1,4-6,11,24H,7-8H2,2H3,(H2,17,25)/t11-/m0/s1. The molecule has 0 spiro atoms. The third-order valence-corrected chi connectivity index (χ3v) is 4.98. The maximum atomic E-state index is 12.2. The van der Waals surface area contributed by atoms with Crippen LogP contribution in [0.15, 0.2) is 27.9 Å². The third kappa shape index (κ3) is 3.75. The molecule has 11 nitrogen and oxygen atoms in total. The van der Waals surface area contributed by atoms with Crippen LogP contribution in [0.5, 0.6) is 0 Å². The number of carbonyl (C=O) groups excluding carboxylic acids is 1. The number of thiophene rings is 1. The van der Waals surface area contributed by atoms with E-state index in [0.29, 0.717) is 9.75 Å². The van der Waals surface area contributed by atoms with Crippen LogP contribution < -0.4 is 17.0 Å². The summed E-state index contributed by atoms with van der Waals surface area (Å²) in [6, 6.07) is 3.45. The molecule has 0 fully saturated rings. The lowest BCUT2D eigenvalue weighted by Gasteiger charge is -2.07. The van der Waals surface area contributed by atoms with Crippen LogP contribution in [0.4, 0.5) is 0 Å². The number of terminal acetylenes is 1. The number of carbonyl (C=O) groups is 1. The van der Waals surface area contributed by atoms with Crippen LogP contribution in [0.2, 0.25) is 0 Å². The maximum Gasteiger partial charge on any atom is 0.331 e. The van der Waals surface area contributed by atoms with Gasteiger partial charge in [0.2, 0.25) is 0 Å². The number of aliphatic hydroxyl groups is 1. The molecule has 1 atom stereocenters. The number of tetrazole rings is 1. The van der Waals surface area contributed by atoms with Gasteiger partial charge in [-0.3, -0.25) is 18.7 Å². The van der Waals surface area contributed by atoms with Crippen molar-refractivity contribution < 1.29 is 9.90 Å². The van der Waals surface area contributed by atoms with Crippen molar-refractivity contribution in [2.24, 2.45) is 12.8 Å². The van der Waals surface area contributed by atoms with Gasteiger partial charge in [0, 0.05) is 18.1 Å². The Morgan fingerprint density at radius 3 is 2.82 bits per heavy atom. The van der Waals surface area contributed by atoms with Gasteiger partial charge in [-0.05, 0) is 17.3 Å². The molecule has 0 aliphatic rings. The zero-order chi connectivity index (χ0) is 20.4. The highest BCUT2D eigenvalue weighted by Crippen LogP contribution is 2.23. The highest BCUT2D eigenvalue weighted by atomic mass is 32.1. The van der Waals surface area contributed by atoms with E-state index in [9.17, 15) is 19.5 Å². The monoisotopic (exact) mass is 401 g/mol. The van der Waals surface area contributed by atoms with Crippen LogP contribution in [0.1, 0.15) is 32.0 Å². The van der Waals surface area contributed by atoms with E-state index < -0.39 is 23.3 Å². The van der Waals surface area contributed by atoms with E-state index in [0.717, 1.165) is 15.3 Å². The first-order chi connectivity index (χ1) is 13.3. The fraction of sp³-hybridized carbons (Fsp3) is 0.250. The Hall–Kier alpha value is -3.56. The number of amides is 1. The number of aromatic nitrogens is 6. The zero-order valence-corrected chi connectivity index (χ0v) is 15.5. The van der Waals surface area contributed by atoms with Gasteiger partial charge in [-0.1, -0.05) is 5.92 Å². The fourth-order valence-corrected chi connectivity index (χ4v) is 3.23. The quantitative estimate of drug-likeness (QED) is 0.475. The first kappa shape index (κ1) is 19.2. The largest absolute Gasteiger partial charge is 0.386 e. The molecule has 3 heterocycles. The summed E-state index contributed by atoms with van der Waals surface area (Å²) in [7, 11) is 1.24. The molecule has 12 heteroatoms. The Kier molecular flexibility index (Phi) is 5.21. The van der Waals surface area contributed by atoms with E-state index in [-0.39, 0.29) is 24.5 Å². The Bertz CT molecular complexity index is 1200. The molecule has 3 N–H and O–H groups in total. The highest BCUT2D eigenvalue weighted by molar-refractivity contribution is 7.12. The molecule has 144 valence electrons. The van der Waals surface area contributed by atoms with Gasteiger partial charge in [0.25, 0.3) is 11.5 Å². The molecule has 0 bridgehead atoms. The number of hydrogen-bond donors (Lipinski definition) is 2. The van der Waals surface area contributed by atoms with Gasteiger partial charge >= 0.3 is 5.69 Å². The van der Waals surface area contributed by atoms with Crippen molar-refractivity contribution in [2.75, 3.05) is 0 Å². The van der Waals surface area contributed by atoms with E-state index in [1.54, 1.807) is 12.1 Å². The summed E-state index contributed by atoms with van der Waals surface area (Å²) in [6.45, 7) is -0.101. The molecule has 0 unspecified atom stereocenters. The van der Waals surface area contributed by atoms with Gasteiger partial charge < -0.3 is 10.8 Å². The minimum absolute atomic E-state index is 0.0340. The normalized spacial score (nSPS) is 11.9. The van der Waals surface area contributed by atoms with Crippen LogP contribution >= 0.6 is 11.3 Å². The lowest BCUT2D eigenvalue weighted by molar-refractivity contribution is 0.0997. The molecule has 0 saturated carbocycles. The minimum atomic E-state index is -0.948. The summed E-state index contributed by atoms with van der Waals surface area (Å²) in [4.78, 5) is 38.0. The number of rotatable bonds is 6. The van der Waals surface area contributed by atoms with E-state index in [1.165, 1.54) is 23.2 Å². The van der Waals surface area contributed by atoms with Crippen molar-refractivity contribution in [3.05, 3.63) is 60.3 Å². The molecule has 0 radical (unpaired) electrons. The van der Waals surface area contributed by atoms with Gasteiger partial charge in [-0.15, -0.1) is 28.0 Å². The van der Waals surface area contributed by atoms with Crippen LogP contribution in [0, 0.1) is 12.3 Å². The van der Waals surface area contributed by atoms with E-state index in [4.69, 9.17) is 12.2 Å². The van der Waals surface area contributed by atoms with E-state index >= 15 is 0 Å². The van der Waals surface area contributed by atoms with Crippen LogP contribution in [0.3, 0.4) is 0 Å². The van der Waals surface area contributed by atoms with E-state index in [2.05, 4.69) is 21.3 Å². The number of hydrogen-bond acceptors (Lipinski definition) is 8. The van der Waals surface area contributed by atoms with Gasteiger partial charge in [0.05, 0.1) is 18.0 Å². The molecular formula is C16H15N7O4S. The van der Waals surface area contributed by atoms with Gasteiger partial charge in [0.15, 0.2) is 5.82 Å². The topological polar surface area (TPSA) is 151 Å². The van der Waals surface area contributed by atoms with Crippen molar-refractivity contribution in [3.8, 4) is 12.3 Å². The SMILES string of the molecule is C#Cc1ccc([C@@H](O)Cn2nnc(Cn3cc(C(N)=O)c(=O)n(C)c3=O)n2)s1. The van der Waals surface area contributed by atoms with Crippen molar-refractivity contribution in [1.29, 1.82) is 0 Å². The Morgan fingerprint density at radius 2 is 2.18 bits per heavy atom. The van der Waals surface area contributed by atoms with E-state index in [1.807, 2.05) is 0 Å². The Balaban J connectivity index is 1.80. The van der Waals surface area contributed by atoms with Crippen LogP contribution in [-0.4, -0.2) is 40.4 Å². The second kappa shape index (κ2) is 7.59. The molecular weight excluding hydrogens is 386 g/mol. The summed E-state index contributed by atoms with van der Waals surface area (Å²) in [5.41, 5.74) is 3.40. The first-order valence-electron chi connectivity index (χ1n) is 7.91. The lowest BCUT2D eigenvalue weighted by Crippen LogP contribution is -2.42. The lowest BCUT2D eigenvalue weighted by atomic mass is 10.3. The zero-order valence-electron chi connectivity index (χ0n) is 14.6. The summed E-state index contributed by atoms with van der Waals surface area (Å²) < 4.78 is 1.85. The summed E-state index contributed by atoms with van der Waals surface area (Å²) in [5, 5.41) is 22.0. The van der Waals surface area contributed by atoms with Crippen molar-refractivity contribution in [1.82, 2.24) is 29.3 Å². The Labute approximate surface area is 161 Å². The first-order valence-corrected chi connectivity index (χ1v) is 8.73. The number of primary amides is 1. The van der Waals surface area contributed by atoms with Crippen molar-refractivity contribution in [3.63, 3.8) is 0 Å². The predicted octanol–water partition coefficient (Wildman–Crippen LogP) is -1.54. The molecule has 0 saturated heterocycles. The number of nitrogens with two attached hydrogens (primary N) is 1. The average Bonchev–Trinajstić information content (AvgIpc) is 3.31. The summed E-state index contributed by atoms with van der Waals surface area (Å²) in [6.07, 6.45) is 5.50. The third-order valence-electron chi connectivity index (χ3n) is 3.86. The van der Waals surface area contributed by atoms with Gasteiger partial charge in [-0.25, -0.2) is 4.79 Å². The second-order valence-corrected chi connectivity index (χ2v) is 6.92. The molecule has 1 amide bonds. The van der Waals surface area contributed by atoms with Gasteiger partial charge in [-0.2, -0.15) is 4.80 Å². The smallest absolute Gasteiger partial charge is 0.331 e. The maximum absolute atomic E-state index is 12.2. The van der Waals surface area contributed by atoms with Crippen LogP contribution in [0.25, 0.3) is 0 Å². The van der Waals surface area contributed by atoms with Crippen LogP contribution in [-0.2, 0) is 20.1 Å². The molecule has 0 aromatic carbocycles. The molecule has 3 aromatic rings. The minimum Gasteiger partial charge on any atom is -0.386 e. The van der Waals surface area contributed by atoms with Crippen molar-refractivity contribution >= 4 is 17.2 Å². The molecule has 0 aliphatic carbocycles. The molecule has 3 rings (SSSR count). The molecule has 3 aromatic heterocycles. The molecule has 0 aliphatic heterocycles. The fourth-order valence-electron chi connectivity index (χ4n) is 2.43. The number of aliphatic hydroxyl groups excluding tert-OH is 1. The summed E-state index contributed by atoms with van der Waals surface area (Å²) in [5.74, 6) is 1.70. The predicted molar refractivity (Wildman–Crippen MR) is 98.6 cm³/mol. The van der Waals surface area contributed by atoms with Crippen molar-refractivity contribution in [2.45, 2.75) is 19.2 Å². The molecule has 28 heavy (non-hydrogen) atoms. The highest BCUT2D eigenvalue weighted by Gasteiger charge is 2.16. The average molecular weight is 401 g/mol. The summed E-state index contributed by atoms with van der Waals surface area (Å²) >= 11 is 1.28. The van der Waals surface area contributed by atoms with Gasteiger partial charge in [0.1, 0.15) is 11.7 Å². The second-order valence-electron chi connectivity index (χ2n) is 5.80. The number of nitrogens with zero attached hydrogens (tertiary/aromatic N) is 6. The Morgan fingerprint density at radius 1 is 1.43 bits per heavy atom.